The van der Waals surface area contributed by atoms with Crippen molar-refractivity contribution in [1.82, 2.24) is 5.32 Å². The molecule has 0 aromatic heterocycles. The summed E-state index contributed by atoms with van der Waals surface area (Å²) in [6.07, 6.45) is 0. The third kappa shape index (κ3) is 2.70. The Morgan fingerprint density at radius 2 is 1.79 bits per heavy atom. The fourth-order valence-electron chi connectivity index (χ4n) is 4.06. The largest absolute Gasteiger partial charge is 0.454 e. The number of rotatable bonds is 3. The minimum atomic E-state index is -0.272. The Hall–Kier alpha value is -3.57. The van der Waals surface area contributed by atoms with Gasteiger partial charge >= 0.3 is 0 Å². The van der Waals surface area contributed by atoms with Crippen LogP contribution in [0.2, 0.25) is 0 Å². The number of amides is 1. The first kappa shape index (κ1) is 17.5. The molecule has 4 aromatic rings. The van der Waals surface area contributed by atoms with Crippen molar-refractivity contribution >= 4 is 27.5 Å². The first-order valence-electron chi connectivity index (χ1n) is 9.41. The summed E-state index contributed by atoms with van der Waals surface area (Å²) in [5.74, 6) is 1.07. The number of aliphatic hydroxyl groups is 1. The first-order chi connectivity index (χ1) is 14.2. The van der Waals surface area contributed by atoms with E-state index >= 15 is 0 Å². The molecular weight excluding hydrogens is 366 g/mol. The van der Waals surface area contributed by atoms with Crippen LogP contribution in [0, 0.1) is 0 Å². The molecule has 1 heterocycles. The Morgan fingerprint density at radius 1 is 1.00 bits per heavy atom. The summed E-state index contributed by atoms with van der Waals surface area (Å²) in [5, 5.41) is 16.8. The Balaban J connectivity index is 1.92. The average Bonchev–Trinajstić information content (AvgIpc) is 3.26. The van der Waals surface area contributed by atoms with Crippen molar-refractivity contribution in [2.45, 2.75) is 6.61 Å². The SMILES string of the molecule is CNC(=O)c1cc2ccc3c(c2c(-c2ccc4ccccc4c2)c1CO)OCO3. The lowest BCUT2D eigenvalue weighted by Gasteiger charge is -2.18. The predicted octanol–water partition coefficient (Wildman–Crippen LogP) is 4.24. The monoisotopic (exact) mass is 385 g/mol. The zero-order valence-electron chi connectivity index (χ0n) is 15.9. The molecule has 5 heteroatoms. The molecule has 0 unspecified atom stereocenters. The molecule has 0 radical (unpaired) electrons. The molecule has 5 rings (SSSR count). The zero-order chi connectivity index (χ0) is 20.0. The van der Waals surface area contributed by atoms with Crippen LogP contribution in [0.5, 0.6) is 11.5 Å². The highest BCUT2D eigenvalue weighted by atomic mass is 16.7. The normalized spacial score (nSPS) is 12.5. The number of carbonyl (C=O) groups is 1. The van der Waals surface area contributed by atoms with Gasteiger partial charge in [-0.2, -0.15) is 0 Å². The number of ether oxygens (including phenoxy) is 2. The Morgan fingerprint density at radius 3 is 2.59 bits per heavy atom. The quantitative estimate of drug-likeness (QED) is 0.554. The number of benzene rings is 4. The van der Waals surface area contributed by atoms with Gasteiger partial charge in [0.1, 0.15) is 0 Å². The van der Waals surface area contributed by atoms with E-state index in [-0.39, 0.29) is 19.3 Å². The van der Waals surface area contributed by atoms with Crippen LogP contribution in [-0.4, -0.2) is 24.9 Å². The van der Waals surface area contributed by atoms with Gasteiger partial charge in [-0.05, 0) is 51.0 Å². The van der Waals surface area contributed by atoms with E-state index in [0.717, 1.165) is 32.7 Å². The Kier molecular flexibility index (Phi) is 4.11. The van der Waals surface area contributed by atoms with Crippen molar-refractivity contribution in [1.29, 1.82) is 0 Å². The van der Waals surface area contributed by atoms with Crippen molar-refractivity contribution < 1.29 is 19.4 Å². The maximum atomic E-state index is 12.6. The molecular formula is C24H19NO4. The predicted molar refractivity (Wildman–Crippen MR) is 112 cm³/mol. The summed E-state index contributed by atoms with van der Waals surface area (Å²) in [7, 11) is 1.59. The van der Waals surface area contributed by atoms with E-state index in [1.807, 2.05) is 42.5 Å². The third-order valence-corrected chi connectivity index (χ3v) is 5.42. The van der Waals surface area contributed by atoms with Gasteiger partial charge in [-0.15, -0.1) is 0 Å². The summed E-state index contributed by atoms with van der Waals surface area (Å²) in [6.45, 7) is -0.122. The second-order valence-corrected chi connectivity index (χ2v) is 6.97. The molecule has 1 aliphatic rings. The molecule has 1 aliphatic heterocycles. The van der Waals surface area contributed by atoms with Gasteiger partial charge in [-0.3, -0.25) is 4.79 Å². The number of hydrogen-bond acceptors (Lipinski definition) is 4. The van der Waals surface area contributed by atoms with Gasteiger partial charge < -0.3 is 19.9 Å². The lowest BCUT2D eigenvalue weighted by molar-refractivity contribution is 0.0960. The van der Waals surface area contributed by atoms with Gasteiger partial charge in [0.05, 0.1) is 6.61 Å². The Labute approximate surface area is 167 Å². The lowest BCUT2D eigenvalue weighted by Crippen LogP contribution is -2.20. The van der Waals surface area contributed by atoms with Crippen LogP contribution in [0.15, 0.2) is 60.7 Å². The number of aliphatic hydroxyl groups excluding tert-OH is 1. The number of fused-ring (bicyclic) bond motifs is 4. The molecule has 0 aliphatic carbocycles. The summed E-state index contributed by atoms with van der Waals surface area (Å²) >= 11 is 0. The molecule has 0 fully saturated rings. The molecule has 4 aromatic carbocycles. The summed E-state index contributed by atoms with van der Waals surface area (Å²) in [5.41, 5.74) is 2.71. The highest BCUT2D eigenvalue weighted by Crippen LogP contribution is 2.46. The van der Waals surface area contributed by atoms with Crippen molar-refractivity contribution in [3.05, 3.63) is 71.8 Å². The van der Waals surface area contributed by atoms with Gasteiger partial charge in [-0.1, -0.05) is 42.5 Å². The summed E-state index contributed by atoms with van der Waals surface area (Å²) in [6, 6.07) is 19.8. The minimum Gasteiger partial charge on any atom is -0.454 e. The van der Waals surface area contributed by atoms with Crippen LogP contribution in [0.3, 0.4) is 0 Å². The summed E-state index contributed by atoms with van der Waals surface area (Å²) < 4.78 is 11.4. The van der Waals surface area contributed by atoms with E-state index < -0.39 is 0 Å². The fraction of sp³-hybridized carbons (Fsp3) is 0.125. The fourth-order valence-corrected chi connectivity index (χ4v) is 4.06. The topological polar surface area (TPSA) is 67.8 Å². The maximum Gasteiger partial charge on any atom is 0.251 e. The third-order valence-electron chi connectivity index (χ3n) is 5.42. The van der Waals surface area contributed by atoms with Gasteiger partial charge in [0.2, 0.25) is 6.79 Å². The zero-order valence-corrected chi connectivity index (χ0v) is 15.9. The molecule has 0 bridgehead atoms. The van der Waals surface area contributed by atoms with E-state index in [9.17, 15) is 9.90 Å². The standard InChI is InChI=1S/C24H19NO4/c1-25-24(27)18-11-17-8-9-20-23(29-13-28-20)22(17)21(19(18)12-26)16-7-6-14-4-2-3-5-15(14)10-16/h2-11,26H,12-13H2,1H3,(H,25,27). The van der Waals surface area contributed by atoms with Crippen LogP contribution >= 0.6 is 0 Å². The van der Waals surface area contributed by atoms with Gasteiger partial charge in [-0.25, -0.2) is 0 Å². The van der Waals surface area contributed by atoms with Crippen LogP contribution in [0.1, 0.15) is 15.9 Å². The van der Waals surface area contributed by atoms with Crippen LogP contribution in [-0.2, 0) is 6.61 Å². The van der Waals surface area contributed by atoms with Gasteiger partial charge in [0.15, 0.2) is 11.5 Å². The van der Waals surface area contributed by atoms with Crippen LogP contribution in [0.25, 0.3) is 32.7 Å². The molecule has 29 heavy (non-hydrogen) atoms. The van der Waals surface area contributed by atoms with Crippen LogP contribution in [0.4, 0.5) is 0 Å². The van der Waals surface area contributed by atoms with Crippen LogP contribution < -0.4 is 14.8 Å². The van der Waals surface area contributed by atoms with Crippen molar-refractivity contribution in [3.8, 4) is 22.6 Å². The second kappa shape index (κ2) is 6.79. The van der Waals surface area contributed by atoms with E-state index in [1.54, 1.807) is 13.1 Å². The highest BCUT2D eigenvalue weighted by Gasteiger charge is 2.25. The van der Waals surface area contributed by atoms with E-state index in [4.69, 9.17) is 9.47 Å². The second-order valence-electron chi connectivity index (χ2n) is 6.97. The highest BCUT2D eigenvalue weighted by molar-refractivity contribution is 6.10. The number of nitrogens with one attached hydrogen (secondary N) is 1. The maximum absolute atomic E-state index is 12.6. The smallest absolute Gasteiger partial charge is 0.251 e. The minimum absolute atomic E-state index is 0.150. The number of carbonyl (C=O) groups excluding carboxylic acids is 1. The van der Waals surface area contributed by atoms with Gasteiger partial charge in [0, 0.05) is 18.0 Å². The average molecular weight is 385 g/mol. The molecule has 144 valence electrons. The lowest BCUT2D eigenvalue weighted by atomic mass is 9.88. The van der Waals surface area contributed by atoms with Crippen molar-refractivity contribution in [2.24, 2.45) is 0 Å². The number of hydrogen-bond donors (Lipinski definition) is 2. The first-order valence-corrected chi connectivity index (χ1v) is 9.41. The van der Waals surface area contributed by atoms with Crippen molar-refractivity contribution in [2.75, 3.05) is 13.8 Å². The van der Waals surface area contributed by atoms with E-state index in [1.165, 1.54) is 0 Å². The molecule has 0 spiro atoms. The van der Waals surface area contributed by atoms with Crippen molar-refractivity contribution in [3.63, 3.8) is 0 Å². The molecule has 0 atom stereocenters. The van der Waals surface area contributed by atoms with E-state index in [2.05, 4.69) is 17.4 Å². The molecule has 5 nitrogen and oxygen atoms in total. The summed E-state index contributed by atoms with van der Waals surface area (Å²) in [4.78, 5) is 12.6. The van der Waals surface area contributed by atoms with Gasteiger partial charge in [0.25, 0.3) is 5.91 Å². The Bertz CT molecular complexity index is 1280. The molecule has 2 N–H and O–H groups in total. The molecule has 0 saturated carbocycles. The van der Waals surface area contributed by atoms with E-state index in [0.29, 0.717) is 22.6 Å². The molecule has 0 saturated heterocycles. The molecule has 1 amide bonds.